The first-order valence-electron chi connectivity index (χ1n) is 6.26. The van der Waals surface area contributed by atoms with Gasteiger partial charge in [-0.25, -0.2) is 0 Å². The van der Waals surface area contributed by atoms with E-state index in [1.807, 2.05) is 11.8 Å². The van der Waals surface area contributed by atoms with Crippen LogP contribution in [0.15, 0.2) is 0 Å². The van der Waals surface area contributed by atoms with E-state index in [0.717, 1.165) is 38.6 Å². The average Bonchev–Trinajstić information content (AvgIpc) is 2.28. The number of carbonyl (C=O) groups is 1. The first-order valence-corrected chi connectivity index (χ1v) is 7.65. The number of rotatable bonds is 6. The van der Waals surface area contributed by atoms with E-state index in [4.69, 9.17) is 5.73 Å². The van der Waals surface area contributed by atoms with E-state index in [1.165, 1.54) is 12.2 Å². The SMILES string of the molecule is CSCCCCNC(=O)[C@@H]1CCC[C@@H](N)C1. The highest BCUT2D eigenvalue weighted by Gasteiger charge is 2.24. The Morgan fingerprint density at radius 3 is 2.94 bits per heavy atom. The lowest BCUT2D eigenvalue weighted by molar-refractivity contribution is -0.126. The molecule has 1 fully saturated rings. The standard InChI is InChI=1S/C12H24N2OS/c1-16-8-3-2-7-14-12(15)10-5-4-6-11(13)9-10/h10-11H,2-9,13H2,1H3,(H,14,15)/t10-,11-/m1/s1. The van der Waals surface area contributed by atoms with Crippen molar-refractivity contribution in [1.82, 2.24) is 5.32 Å². The molecule has 0 saturated heterocycles. The van der Waals surface area contributed by atoms with Gasteiger partial charge in [0.2, 0.25) is 5.91 Å². The molecular formula is C12H24N2OS. The summed E-state index contributed by atoms with van der Waals surface area (Å²) in [5, 5.41) is 3.03. The zero-order valence-electron chi connectivity index (χ0n) is 10.2. The van der Waals surface area contributed by atoms with E-state index in [9.17, 15) is 4.79 Å². The van der Waals surface area contributed by atoms with Gasteiger partial charge in [0.15, 0.2) is 0 Å². The molecule has 1 aliphatic carbocycles. The van der Waals surface area contributed by atoms with Crippen LogP contribution in [0.3, 0.4) is 0 Å². The predicted molar refractivity (Wildman–Crippen MR) is 70.6 cm³/mol. The van der Waals surface area contributed by atoms with Crippen LogP contribution in [0, 0.1) is 5.92 Å². The van der Waals surface area contributed by atoms with Crippen LogP contribution in [0.4, 0.5) is 0 Å². The summed E-state index contributed by atoms with van der Waals surface area (Å²) in [5.41, 5.74) is 5.87. The van der Waals surface area contributed by atoms with E-state index in [2.05, 4.69) is 11.6 Å². The van der Waals surface area contributed by atoms with Crippen LogP contribution in [-0.4, -0.2) is 30.5 Å². The summed E-state index contributed by atoms with van der Waals surface area (Å²) in [6, 6.07) is 0.237. The maximum atomic E-state index is 11.8. The largest absolute Gasteiger partial charge is 0.356 e. The molecule has 94 valence electrons. The normalized spacial score (nSPS) is 25.4. The van der Waals surface area contributed by atoms with Gasteiger partial charge in [0.25, 0.3) is 0 Å². The average molecular weight is 244 g/mol. The van der Waals surface area contributed by atoms with Crippen LogP contribution < -0.4 is 11.1 Å². The Morgan fingerprint density at radius 2 is 2.25 bits per heavy atom. The first kappa shape index (κ1) is 13.8. The maximum absolute atomic E-state index is 11.8. The van der Waals surface area contributed by atoms with Crippen molar-refractivity contribution in [2.75, 3.05) is 18.6 Å². The van der Waals surface area contributed by atoms with Gasteiger partial charge in [0.05, 0.1) is 0 Å². The molecule has 0 radical (unpaired) electrons. The monoisotopic (exact) mass is 244 g/mol. The Morgan fingerprint density at radius 1 is 1.44 bits per heavy atom. The summed E-state index contributed by atoms with van der Waals surface area (Å²) >= 11 is 1.86. The van der Waals surface area contributed by atoms with E-state index in [-0.39, 0.29) is 17.9 Å². The lowest BCUT2D eigenvalue weighted by atomic mass is 9.85. The topological polar surface area (TPSA) is 55.1 Å². The van der Waals surface area contributed by atoms with Crippen LogP contribution in [0.1, 0.15) is 38.5 Å². The van der Waals surface area contributed by atoms with Gasteiger partial charge in [-0.3, -0.25) is 4.79 Å². The van der Waals surface area contributed by atoms with E-state index in [0.29, 0.717) is 0 Å². The molecule has 4 heteroatoms. The maximum Gasteiger partial charge on any atom is 0.223 e. The van der Waals surface area contributed by atoms with Crippen molar-refractivity contribution in [2.24, 2.45) is 11.7 Å². The number of amides is 1. The molecule has 0 spiro atoms. The minimum absolute atomic E-state index is 0.171. The molecule has 0 aromatic rings. The van der Waals surface area contributed by atoms with Crippen LogP contribution in [0.2, 0.25) is 0 Å². The van der Waals surface area contributed by atoms with Crippen molar-refractivity contribution in [3.8, 4) is 0 Å². The second-order valence-corrected chi connectivity index (χ2v) is 5.60. The molecule has 1 aliphatic rings. The van der Waals surface area contributed by atoms with Crippen molar-refractivity contribution in [1.29, 1.82) is 0 Å². The zero-order valence-corrected chi connectivity index (χ0v) is 11.0. The van der Waals surface area contributed by atoms with Crippen molar-refractivity contribution in [3.63, 3.8) is 0 Å². The number of thioether (sulfide) groups is 1. The summed E-state index contributed by atoms with van der Waals surface area (Å²) in [5.74, 6) is 1.58. The molecule has 0 heterocycles. The van der Waals surface area contributed by atoms with Crippen LogP contribution in [-0.2, 0) is 4.79 Å². The zero-order chi connectivity index (χ0) is 11.8. The van der Waals surface area contributed by atoms with Crippen molar-refractivity contribution >= 4 is 17.7 Å². The van der Waals surface area contributed by atoms with Crippen molar-refractivity contribution in [2.45, 2.75) is 44.6 Å². The third kappa shape index (κ3) is 5.21. The van der Waals surface area contributed by atoms with E-state index < -0.39 is 0 Å². The minimum atomic E-state index is 0.171. The predicted octanol–water partition coefficient (Wildman–Crippen LogP) is 1.76. The fourth-order valence-electron chi connectivity index (χ4n) is 2.19. The molecule has 0 aliphatic heterocycles. The number of hydrogen-bond donors (Lipinski definition) is 2. The summed E-state index contributed by atoms with van der Waals surface area (Å²) in [4.78, 5) is 11.8. The lowest BCUT2D eigenvalue weighted by Gasteiger charge is -2.25. The lowest BCUT2D eigenvalue weighted by Crippen LogP contribution is -2.38. The van der Waals surface area contributed by atoms with Crippen molar-refractivity contribution < 1.29 is 4.79 Å². The van der Waals surface area contributed by atoms with Crippen LogP contribution >= 0.6 is 11.8 Å². The van der Waals surface area contributed by atoms with Crippen LogP contribution in [0.25, 0.3) is 0 Å². The quantitative estimate of drug-likeness (QED) is 0.700. The molecule has 2 atom stereocenters. The van der Waals surface area contributed by atoms with Gasteiger partial charge in [0, 0.05) is 18.5 Å². The van der Waals surface area contributed by atoms with E-state index in [1.54, 1.807) is 0 Å². The highest BCUT2D eigenvalue weighted by Crippen LogP contribution is 2.22. The molecule has 0 aromatic carbocycles. The molecule has 3 N–H and O–H groups in total. The molecule has 0 bridgehead atoms. The summed E-state index contributed by atoms with van der Waals surface area (Å²) in [6.45, 7) is 0.825. The molecule has 1 rings (SSSR count). The van der Waals surface area contributed by atoms with Crippen LogP contribution in [0.5, 0.6) is 0 Å². The van der Waals surface area contributed by atoms with Gasteiger partial charge >= 0.3 is 0 Å². The molecule has 3 nitrogen and oxygen atoms in total. The molecule has 1 amide bonds. The highest BCUT2D eigenvalue weighted by atomic mass is 32.2. The summed E-state index contributed by atoms with van der Waals surface area (Å²) in [7, 11) is 0. The third-order valence-corrected chi connectivity index (χ3v) is 3.86. The first-order chi connectivity index (χ1) is 7.74. The Labute approximate surface area is 103 Å². The van der Waals surface area contributed by atoms with Gasteiger partial charge in [0.1, 0.15) is 0 Å². The number of nitrogens with two attached hydrogens (primary N) is 1. The number of carbonyl (C=O) groups excluding carboxylic acids is 1. The molecule has 1 saturated carbocycles. The van der Waals surface area contributed by atoms with Gasteiger partial charge < -0.3 is 11.1 Å². The number of unbranched alkanes of at least 4 members (excludes halogenated alkanes) is 1. The summed E-state index contributed by atoms with van der Waals surface area (Å²) in [6.07, 6.45) is 8.46. The van der Waals surface area contributed by atoms with Crippen molar-refractivity contribution in [3.05, 3.63) is 0 Å². The second-order valence-electron chi connectivity index (χ2n) is 4.61. The Hall–Kier alpha value is -0.220. The fourth-order valence-corrected chi connectivity index (χ4v) is 2.69. The van der Waals surface area contributed by atoms with Gasteiger partial charge in [-0.05, 0) is 44.1 Å². The molecular weight excluding hydrogens is 220 g/mol. The fraction of sp³-hybridized carbons (Fsp3) is 0.917. The van der Waals surface area contributed by atoms with Gasteiger partial charge in [-0.1, -0.05) is 6.42 Å². The Bertz CT molecular complexity index is 211. The third-order valence-electron chi connectivity index (χ3n) is 3.16. The molecule has 0 unspecified atom stereocenters. The minimum Gasteiger partial charge on any atom is -0.356 e. The van der Waals surface area contributed by atoms with E-state index >= 15 is 0 Å². The Kier molecular flexibility index (Phi) is 6.88. The Balaban J connectivity index is 2.09. The van der Waals surface area contributed by atoms with Gasteiger partial charge in [-0.2, -0.15) is 11.8 Å². The smallest absolute Gasteiger partial charge is 0.223 e. The second kappa shape index (κ2) is 7.96. The number of hydrogen-bond acceptors (Lipinski definition) is 3. The number of nitrogens with one attached hydrogen (secondary N) is 1. The highest BCUT2D eigenvalue weighted by molar-refractivity contribution is 7.98. The molecule has 0 aromatic heterocycles. The summed E-state index contributed by atoms with van der Waals surface area (Å²) < 4.78 is 0. The molecule has 16 heavy (non-hydrogen) atoms. The van der Waals surface area contributed by atoms with Gasteiger partial charge in [-0.15, -0.1) is 0 Å².